The molecule has 0 aliphatic carbocycles. The third-order valence-corrected chi connectivity index (χ3v) is 5.13. The van der Waals surface area contributed by atoms with Crippen LogP contribution < -0.4 is 14.4 Å². The lowest BCUT2D eigenvalue weighted by molar-refractivity contribution is 0.160. The molecule has 0 N–H and O–H groups in total. The van der Waals surface area contributed by atoms with Gasteiger partial charge in [-0.2, -0.15) is 10.2 Å². The van der Waals surface area contributed by atoms with Gasteiger partial charge in [-0.25, -0.2) is 14.4 Å². The van der Waals surface area contributed by atoms with E-state index in [0.717, 1.165) is 6.07 Å². The third-order valence-electron chi connectivity index (χ3n) is 5.13. The molecule has 1 aliphatic heterocycles. The SMILES string of the molecule is C#Cc1c(Oc2ccc(C#N)cc2F)ncnc1OC1CCN(c2nc(C(C)C)no2)CC1. The van der Waals surface area contributed by atoms with Crippen LogP contribution in [0, 0.1) is 29.5 Å². The van der Waals surface area contributed by atoms with Crippen LogP contribution in [0.25, 0.3) is 0 Å². The lowest BCUT2D eigenvalue weighted by atomic mass is 10.1. The molecule has 0 amide bonds. The van der Waals surface area contributed by atoms with Gasteiger partial charge in [0, 0.05) is 31.8 Å². The molecular weight excluding hydrogens is 427 g/mol. The van der Waals surface area contributed by atoms with Crippen molar-refractivity contribution in [3.8, 4) is 35.9 Å². The standard InChI is InChI=1S/C23H21FN6O3/c1-4-17-21(26-13-27-22(17)32-19-6-5-15(12-25)11-18(19)24)31-16-7-9-30(10-8-16)23-28-20(14(2)3)29-33-23/h1,5-6,11,13-14,16H,7-10H2,2-3H3. The molecule has 10 heteroatoms. The second-order valence-electron chi connectivity index (χ2n) is 7.76. The summed E-state index contributed by atoms with van der Waals surface area (Å²) in [5, 5.41) is 12.9. The Morgan fingerprint density at radius 3 is 2.64 bits per heavy atom. The monoisotopic (exact) mass is 448 g/mol. The number of benzene rings is 1. The van der Waals surface area contributed by atoms with Crippen molar-refractivity contribution in [2.24, 2.45) is 0 Å². The molecular formula is C23H21FN6O3. The topological polar surface area (TPSA) is 110 Å². The van der Waals surface area contributed by atoms with Crippen molar-refractivity contribution >= 4 is 6.01 Å². The number of terminal acetylenes is 1. The molecule has 0 bridgehead atoms. The summed E-state index contributed by atoms with van der Waals surface area (Å²) >= 11 is 0. The van der Waals surface area contributed by atoms with E-state index in [9.17, 15) is 4.39 Å². The zero-order chi connectivity index (χ0) is 23.4. The molecule has 1 saturated heterocycles. The van der Waals surface area contributed by atoms with Crippen LogP contribution in [0.15, 0.2) is 29.0 Å². The Hall–Kier alpha value is -4.18. The van der Waals surface area contributed by atoms with Crippen LogP contribution in [0.3, 0.4) is 0 Å². The highest BCUT2D eigenvalue weighted by Gasteiger charge is 2.26. The normalized spacial score (nSPS) is 14.1. The van der Waals surface area contributed by atoms with Crippen molar-refractivity contribution in [1.29, 1.82) is 5.26 Å². The number of piperidine rings is 1. The Bertz CT molecular complexity index is 1220. The molecule has 9 nitrogen and oxygen atoms in total. The minimum Gasteiger partial charge on any atom is -0.473 e. The highest BCUT2D eigenvalue weighted by Crippen LogP contribution is 2.31. The van der Waals surface area contributed by atoms with Gasteiger partial charge in [-0.05, 0) is 18.2 Å². The van der Waals surface area contributed by atoms with Gasteiger partial charge < -0.3 is 18.9 Å². The molecule has 4 rings (SSSR count). The van der Waals surface area contributed by atoms with Crippen LogP contribution >= 0.6 is 0 Å². The van der Waals surface area contributed by atoms with Crippen molar-refractivity contribution in [3.63, 3.8) is 0 Å². The number of hydrogen-bond acceptors (Lipinski definition) is 9. The zero-order valence-electron chi connectivity index (χ0n) is 18.2. The van der Waals surface area contributed by atoms with Crippen molar-refractivity contribution < 1.29 is 18.4 Å². The van der Waals surface area contributed by atoms with Gasteiger partial charge in [-0.15, -0.1) is 6.42 Å². The third kappa shape index (κ3) is 4.85. The number of rotatable bonds is 6. The molecule has 2 aromatic heterocycles. The van der Waals surface area contributed by atoms with Crippen molar-refractivity contribution in [2.45, 2.75) is 38.7 Å². The number of hydrogen-bond donors (Lipinski definition) is 0. The number of ether oxygens (including phenoxy) is 2. The molecule has 1 fully saturated rings. The van der Waals surface area contributed by atoms with Gasteiger partial charge in [0.1, 0.15) is 18.0 Å². The second-order valence-corrected chi connectivity index (χ2v) is 7.76. The van der Waals surface area contributed by atoms with E-state index in [4.69, 9.17) is 25.7 Å². The van der Waals surface area contributed by atoms with Crippen LogP contribution in [-0.2, 0) is 0 Å². The summed E-state index contributed by atoms with van der Waals surface area (Å²) in [7, 11) is 0. The first-order valence-electron chi connectivity index (χ1n) is 10.4. The van der Waals surface area contributed by atoms with Gasteiger partial charge in [0.25, 0.3) is 0 Å². The quantitative estimate of drug-likeness (QED) is 0.520. The van der Waals surface area contributed by atoms with Crippen LogP contribution in [-0.4, -0.2) is 39.3 Å². The van der Waals surface area contributed by atoms with E-state index in [1.807, 2.05) is 24.8 Å². The molecule has 3 aromatic rings. The summed E-state index contributed by atoms with van der Waals surface area (Å²) in [5.41, 5.74) is 0.359. The van der Waals surface area contributed by atoms with Crippen LogP contribution in [0.5, 0.6) is 17.5 Å². The summed E-state index contributed by atoms with van der Waals surface area (Å²) in [6.07, 6.45) is 8.13. The molecule has 33 heavy (non-hydrogen) atoms. The number of nitrogens with zero attached hydrogens (tertiary/aromatic N) is 6. The first-order chi connectivity index (χ1) is 16.0. The van der Waals surface area contributed by atoms with E-state index < -0.39 is 5.82 Å². The van der Waals surface area contributed by atoms with Gasteiger partial charge in [0.15, 0.2) is 17.4 Å². The maximum atomic E-state index is 14.2. The Morgan fingerprint density at radius 1 is 1.24 bits per heavy atom. The highest BCUT2D eigenvalue weighted by atomic mass is 19.1. The van der Waals surface area contributed by atoms with Gasteiger partial charge in [-0.3, -0.25) is 0 Å². The lowest BCUT2D eigenvalue weighted by Gasteiger charge is -2.30. The van der Waals surface area contributed by atoms with Gasteiger partial charge in [0.05, 0.1) is 11.6 Å². The lowest BCUT2D eigenvalue weighted by Crippen LogP contribution is -2.38. The molecule has 0 saturated carbocycles. The summed E-state index contributed by atoms with van der Waals surface area (Å²) in [4.78, 5) is 14.6. The maximum absolute atomic E-state index is 14.2. The van der Waals surface area contributed by atoms with E-state index in [-0.39, 0.29) is 40.7 Å². The van der Waals surface area contributed by atoms with E-state index in [1.54, 1.807) is 0 Å². The fourth-order valence-electron chi connectivity index (χ4n) is 3.31. The van der Waals surface area contributed by atoms with Gasteiger partial charge in [-0.1, -0.05) is 24.9 Å². The van der Waals surface area contributed by atoms with Crippen LogP contribution in [0.2, 0.25) is 0 Å². The first kappa shape index (κ1) is 22.0. The number of aromatic nitrogens is 4. The largest absolute Gasteiger partial charge is 0.473 e. The van der Waals surface area contributed by atoms with E-state index in [2.05, 4.69) is 26.0 Å². The fraction of sp³-hybridized carbons (Fsp3) is 0.348. The molecule has 168 valence electrons. The van der Waals surface area contributed by atoms with Crippen molar-refractivity contribution in [2.75, 3.05) is 18.0 Å². The average Bonchev–Trinajstić information content (AvgIpc) is 3.32. The predicted molar refractivity (Wildman–Crippen MR) is 115 cm³/mol. The molecule has 0 radical (unpaired) electrons. The first-order valence-corrected chi connectivity index (χ1v) is 10.4. The summed E-state index contributed by atoms with van der Waals surface area (Å²) in [6, 6.07) is 6.22. The molecule has 3 heterocycles. The fourth-order valence-corrected chi connectivity index (χ4v) is 3.31. The average molecular weight is 448 g/mol. The summed E-state index contributed by atoms with van der Waals surface area (Å²) < 4.78 is 31.2. The van der Waals surface area contributed by atoms with Crippen molar-refractivity contribution in [1.82, 2.24) is 20.1 Å². The Balaban J connectivity index is 1.44. The zero-order valence-corrected chi connectivity index (χ0v) is 18.2. The summed E-state index contributed by atoms with van der Waals surface area (Å²) in [5.74, 6) is 2.71. The predicted octanol–water partition coefficient (Wildman–Crippen LogP) is 3.82. The number of nitriles is 1. The van der Waals surface area contributed by atoms with Crippen LogP contribution in [0.1, 0.15) is 49.6 Å². The van der Waals surface area contributed by atoms with Gasteiger partial charge in [0.2, 0.25) is 11.8 Å². The molecule has 1 aliphatic rings. The molecule has 1 aromatic carbocycles. The minimum atomic E-state index is -0.702. The molecule has 0 atom stereocenters. The van der Waals surface area contributed by atoms with Gasteiger partial charge >= 0.3 is 6.01 Å². The number of halogens is 1. The maximum Gasteiger partial charge on any atom is 0.324 e. The van der Waals surface area contributed by atoms with E-state index in [0.29, 0.717) is 37.8 Å². The second kappa shape index (κ2) is 9.53. The van der Waals surface area contributed by atoms with Crippen LogP contribution in [0.4, 0.5) is 10.4 Å². The smallest absolute Gasteiger partial charge is 0.324 e. The summed E-state index contributed by atoms with van der Waals surface area (Å²) in [6.45, 7) is 5.35. The Kier molecular flexibility index (Phi) is 6.36. The molecule has 0 spiro atoms. The number of anilines is 1. The van der Waals surface area contributed by atoms with E-state index in [1.165, 1.54) is 18.5 Å². The minimum absolute atomic E-state index is 0.00406. The molecule has 0 unspecified atom stereocenters. The Morgan fingerprint density at radius 2 is 2.00 bits per heavy atom. The van der Waals surface area contributed by atoms with E-state index >= 15 is 0 Å². The highest BCUT2D eigenvalue weighted by molar-refractivity contribution is 5.49. The van der Waals surface area contributed by atoms with Crippen molar-refractivity contribution in [3.05, 3.63) is 47.3 Å². The Labute approximate surface area is 190 Å².